The van der Waals surface area contributed by atoms with Crippen molar-refractivity contribution in [3.63, 3.8) is 0 Å². The Bertz CT molecular complexity index is 649. The van der Waals surface area contributed by atoms with Gasteiger partial charge in [-0.05, 0) is 12.1 Å². The molecule has 92 valence electrons. The molecule has 0 spiro atoms. The number of amides is 2. The number of nitrogens with one attached hydrogen (secondary N) is 1. The van der Waals surface area contributed by atoms with E-state index in [1.165, 1.54) is 16.9 Å². The van der Waals surface area contributed by atoms with Gasteiger partial charge in [0.15, 0.2) is 11.4 Å². The zero-order valence-electron chi connectivity index (χ0n) is 9.33. The van der Waals surface area contributed by atoms with Crippen LogP contribution in [-0.4, -0.2) is 31.5 Å². The molecule has 2 N–H and O–H groups in total. The third-order valence-corrected chi connectivity index (χ3v) is 3.00. The van der Waals surface area contributed by atoms with Gasteiger partial charge in [-0.15, -0.1) is 0 Å². The Kier molecular flexibility index (Phi) is 2.26. The number of carbonyl (C=O) groups excluding carboxylic acids is 2. The highest BCUT2D eigenvalue weighted by Gasteiger charge is 2.31. The number of aromatic nitrogens is 3. The van der Waals surface area contributed by atoms with Crippen molar-refractivity contribution in [2.24, 2.45) is 5.92 Å². The quantitative estimate of drug-likeness (QED) is 0.705. The molecular formula is C11H10N4O3. The molecule has 2 aromatic rings. The highest BCUT2D eigenvalue weighted by atomic mass is 16.3. The van der Waals surface area contributed by atoms with Crippen LogP contribution < -0.4 is 5.32 Å². The lowest BCUT2D eigenvalue weighted by Gasteiger charge is -2.08. The van der Waals surface area contributed by atoms with E-state index in [2.05, 4.69) is 15.4 Å². The highest BCUT2D eigenvalue weighted by molar-refractivity contribution is 6.03. The van der Waals surface area contributed by atoms with Crippen LogP contribution in [0.25, 0.3) is 5.65 Å². The first-order valence-corrected chi connectivity index (χ1v) is 5.49. The second-order valence-corrected chi connectivity index (χ2v) is 4.22. The number of hydrogen-bond acceptors (Lipinski definition) is 5. The molecule has 0 aliphatic carbocycles. The molecule has 0 saturated carbocycles. The molecule has 0 bridgehead atoms. The number of hydrogen-bond donors (Lipinski definition) is 2. The predicted octanol–water partition coefficient (Wildman–Crippen LogP) is -0.360. The molecule has 1 atom stereocenters. The zero-order chi connectivity index (χ0) is 12.7. The van der Waals surface area contributed by atoms with E-state index in [9.17, 15) is 14.7 Å². The molecule has 1 aliphatic rings. The Labute approximate surface area is 101 Å². The molecule has 2 aromatic heterocycles. The number of rotatable bonds is 2. The number of nitrogens with zero attached hydrogens (tertiary/aromatic N) is 3. The van der Waals surface area contributed by atoms with Crippen LogP contribution in [0.15, 0.2) is 18.5 Å². The van der Waals surface area contributed by atoms with Crippen LogP contribution >= 0.6 is 0 Å². The first-order chi connectivity index (χ1) is 8.65. The third-order valence-electron chi connectivity index (χ3n) is 3.00. The van der Waals surface area contributed by atoms with Crippen LogP contribution in [0.2, 0.25) is 0 Å². The van der Waals surface area contributed by atoms with Crippen molar-refractivity contribution in [1.29, 1.82) is 0 Å². The highest BCUT2D eigenvalue weighted by Crippen LogP contribution is 2.21. The summed E-state index contributed by atoms with van der Waals surface area (Å²) < 4.78 is 1.48. The molecule has 3 heterocycles. The Morgan fingerprint density at radius 3 is 3.00 bits per heavy atom. The minimum Gasteiger partial charge on any atom is -0.504 e. The predicted molar refractivity (Wildman–Crippen MR) is 59.6 cm³/mol. The number of fused-ring (bicyclic) bond motifs is 1. The van der Waals surface area contributed by atoms with Gasteiger partial charge in [0, 0.05) is 18.5 Å². The van der Waals surface area contributed by atoms with E-state index in [1.54, 1.807) is 6.07 Å². The maximum absolute atomic E-state index is 11.5. The van der Waals surface area contributed by atoms with Gasteiger partial charge < -0.3 is 5.11 Å². The topological polar surface area (TPSA) is 96.6 Å². The molecule has 1 unspecified atom stereocenters. The fourth-order valence-electron chi connectivity index (χ4n) is 2.13. The van der Waals surface area contributed by atoms with E-state index < -0.39 is 0 Å². The molecule has 1 aliphatic heterocycles. The first kappa shape index (κ1) is 10.7. The first-order valence-electron chi connectivity index (χ1n) is 5.49. The Balaban J connectivity index is 1.96. The molecular weight excluding hydrogens is 236 g/mol. The number of imide groups is 1. The Morgan fingerprint density at radius 1 is 1.44 bits per heavy atom. The molecule has 3 rings (SSSR count). The van der Waals surface area contributed by atoms with Gasteiger partial charge in [-0.1, -0.05) is 0 Å². The van der Waals surface area contributed by atoms with Crippen molar-refractivity contribution < 1.29 is 14.7 Å². The lowest BCUT2D eigenvalue weighted by Crippen LogP contribution is -2.23. The van der Waals surface area contributed by atoms with Crippen molar-refractivity contribution in [1.82, 2.24) is 19.9 Å². The van der Waals surface area contributed by atoms with Gasteiger partial charge in [0.1, 0.15) is 6.33 Å². The normalized spacial score (nSPS) is 19.4. The van der Waals surface area contributed by atoms with Crippen LogP contribution in [0.5, 0.6) is 5.75 Å². The summed E-state index contributed by atoms with van der Waals surface area (Å²) in [5.74, 6) is -0.863. The van der Waals surface area contributed by atoms with Crippen LogP contribution in [-0.2, 0) is 16.0 Å². The SMILES string of the molecule is O=C1CC(Cc2ccc(O)c3ncnn23)C(=O)N1. The van der Waals surface area contributed by atoms with Gasteiger partial charge in [-0.25, -0.2) is 9.50 Å². The molecule has 1 fully saturated rings. The third kappa shape index (κ3) is 1.60. The summed E-state index contributed by atoms with van der Waals surface area (Å²) in [5.41, 5.74) is 1.08. The van der Waals surface area contributed by atoms with E-state index in [1.807, 2.05) is 0 Å². The lowest BCUT2D eigenvalue weighted by atomic mass is 10.0. The van der Waals surface area contributed by atoms with Crippen molar-refractivity contribution in [2.45, 2.75) is 12.8 Å². The summed E-state index contributed by atoms with van der Waals surface area (Å²) in [6.45, 7) is 0. The Hall–Kier alpha value is -2.44. The smallest absolute Gasteiger partial charge is 0.230 e. The largest absolute Gasteiger partial charge is 0.504 e. The zero-order valence-corrected chi connectivity index (χ0v) is 9.33. The molecule has 0 radical (unpaired) electrons. The van der Waals surface area contributed by atoms with Gasteiger partial charge in [0.2, 0.25) is 11.8 Å². The summed E-state index contributed by atoms with van der Waals surface area (Å²) in [5, 5.41) is 15.8. The molecule has 7 nitrogen and oxygen atoms in total. The second kappa shape index (κ2) is 3.80. The van der Waals surface area contributed by atoms with E-state index in [0.717, 1.165) is 5.69 Å². The maximum Gasteiger partial charge on any atom is 0.230 e. The van der Waals surface area contributed by atoms with Crippen molar-refractivity contribution in [3.05, 3.63) is 24.2 Å². The molecule has 0 aromatic carbocycles. The summed E-state index contributed by atoms with van der Waals surface area (Å²) >= 11 is 0. The average molecular weight is 246 g/mol. The van der Waals surface area contributed by atoms with Gasteiger partial charge in [0.05, 0.1) is 5.92 Å². The average Bonchev–Trinajstić information content (AvgIpc) is 2.91. The molecule has 1 saturated heterocycles. The molecule has 7 heteroatoms. The van der Waals surface area contributed by atoms with E-state index >= 15 is 0 Å². The number of aromatic hydroxyl groups is 1. The summed E-state index contributed by atoms with van der Waals surface area (Å²) in [4.78, 5) is 26.5. The van der Waals surface area contributed by atoms with Crippen LogP contribution in [0, 0.1) is 5.92 Å². The standard InChI is InChI=1S/C11H10N4O3/c16-8-2-1-7(15-10(8)12-5-13-15)3-6-4-9(17)14-11(6)18/h1-2,5-6,16H,3-4H2,(H,14,17,18). The second-order valence-electron chi connectivity index (χ2n) is 4.22. The number of carbonyl (C=O) groups is 2. The minimum atomic E-state index is -0.380. The fraction of sp³-hybridized carbons (Fsp3) is 0.273. The van der Waals surface area contributed by atoms with Crippen LogP contribution in [0.4, 0.5) is 0 Å². The van der Waals surface area contributed by atoms with Gasteiger partial charge in [0.25, 0.3) is 0 Å². The Morgan fingerprint density at radius 2 is 2.28 bits per heavy atom. The lowest BCUT2D eigenvalue weighted by molar-refractivity contribution is -0.125. The van der Waals surface area contributed by atoms with Gasteiger partial charge in [-0.3, -0.25) is 14.9 Å². The summed E-state index contributed by atoms with van der Waals surface area (Å²) in [7, 11) is 0. The minimum absolute atomic E-state index is 0.0307. The molecule has 2 amide bonds. The van der Waals surface area contributed by atoms with Crippen molar-refractivity contribution in [2.75, 3.05) is 0 Å². The number of pyridine rings is 1. The van der Waals surface area contributed by atoms with E-state index in [-0.39, 0.29) is 29.9 Å². The molecule has 18 heavy (non-hydrogen) atoms. The monoisotopic (exact) mass is 246 g/mol. The maximum atomic E-state index is 11.5. The van der Waals surface area contributed by atoms with E-state index in [4.69, 9.17) is 0 Å². The van der Waals surface area contributed by atoms with Gasteiger partial charge in [-0.2, -0.15) is 5.10 Å². The van der Waals surface area contributed by atoms with Crippen molar-refractivity contribution in [3.8, 4) is 5.75 Å². The van der Waals surface area contributed by atoms with Crippen molar-refractivity contribution >= 4 is 17.5 Å². The van der Waals surface area contributed by atoms with Crippen LogP contribution in [0.1, 0.15) is 12.1 Å². The summed E-state index contributed by atoms with van der Waals surface area (Å²) in [6, 6.07) is 3.18. The van der Waals surface area contributed by atoms with E-state index in [0.29, 0.717) is 12.1 Å². The summed E-state index contributed by atoms with van der Waals surface area (Å²) in [6.07, 6.45) is 1.91. The van der Waals surface area contributed by atoms with Gasteiger partial charge >= 0.3 is 0 Å². The van der Waals surface area contributed by atoms with Crippen LogP contribution in [0.3, 0.4) is 0 Å². The fourth-order valence-corrected chi connectivity index (χ4v) is 2.13.